The van der Waals surface area contributed by atoms with Crippen LogP contribution in [0, 0.1) is 0 Å². The summed E-state index contributed by atoms with van der Waals surface area (Å²) < 4.78 is 0. The molecular weight excluding hydrogens is 236 g/mol. The third-order valence-corrected chi connectivity index (χ3v) is 2.50. The average Bonchev–Trinajstić information content (AvgIpc) is 2.72. The first-order valence-corrected chi connectivity index (χ1v) is 5.86. The summed E-state index contributed by atoms with van der Waals surface area (Å²) in [5, 5.41) is 17.6. The molecule has 7 nitrogen and oxygen atoms in total. The minimum absolute atomic E-state index is 0.0879. The Morgan fingerprint density at radius 1 is 1.61 bits per heavy atom. The molecule has 0 aromatic carbocycles. The number of anilines is 1. The zero-order valence-electron chi connectivity index (χ0n) is 10.3. The minimum atomic E-state index is -0.930. The number of hydrogen-bond donors (Lipinski definition) is 4. The fraction of sp³-hybridized carbons (Fsp3) is 0.545. The Balaban J connectivity index is 2.58. The lowest BCUT2D eigenvalue weighted by molar-refractivity contribution is -0.137. The van der Waals surface area contributed by atoms with Gasteiger partial charge in [-0.1, -0.05) is 19.8 Å². The summed E-state index contributed by atoms with van der Waals surface area (Å²) in [6.45, 7) is 2.01. The van der Waals surface area contributed by atoms with Crippen LogP contribution in [0.4, 0.5) is 5.82 Å². The van der Waals surface area contributed by atoms with Crippen molar-refractivity contribution in [2.24, 2.45) is 0 Å². The van der Waals surface area contributed by atoms with Crippen molar-refractivity contribution in [2.75, 3.05) is 5.73 Å². The number of carbonyl (C=O) groups is 2. The van der Waals surface area contributed by atoms with Gasteiger partial charge in [-0.3, -0.25) is 14.7 Å². The molecule has 18 heavy (non-hydrogen) atoms. The normalized spacial score (nSPS) is 12.1. The molecule has 0 spiro atoms. The quantitative estimate of drug-likeness (QED) is 0.572. The first-order valence-electron chi connectivity index (χ1n) is 5.86. The van der Waals surface area contributed by atoms with E-state index in [1.165, 1.54) is 6.07 Å². The Morgan fingerprint density at radius 2 is 2.33 bits per heavy atom. The van der Waals surface area contributed by atoms with Crippen molar-refractivity contribution in [3.8, 4) is 0 Å². The SMILES string of the molecule is CCCC[C@@H](CC(=O)O)NC(=O)c1cc(N)n[nH]1. The van der Waals surface area contributed by atoms with Crippen molar-refractivity contribution in [2.45, 2.75) is 38.6 Å². The Kier molecular flexibility index (Phi) is 5.16. The summed E-state index contributed by atoms with van der Waals surface area (Å²) in [5.74, 6) is -1.09. The van der Waals surface area contributed by atoms with Crippen molar-refractivity contribution in [1.82, 2.24) is 15.5 Å². The maximum atomic E-state index is 11.8. The molecule has 0 aliphatic rings. The minimum Gasteiger partial charge on any atom is -0.481 e. The van der Waals surface area contributed by atoms with E-state index in [4.69, 9.17) is 10.8 Å². The van der Waals surface area contributed by atoms with Crippen molar-refractivity contribution in [3.63, 3.8) is 0 Å². The number of aromatic nitrogens is 2. The first kappa shape index (κ1) is 14.0. The lowest BCUT2D eigenvalue weighted by atomic mass is 10.1. The van der Waals surface area contributed by atoms with E-state index in [0.717, 1.165) is 12.8 Å². The van der Waals surface area contributed by atoms with Gasteiger partial charge in [-0.25, -0.2) is 0 Å². The van der Waals surface area contributed by atoms with E-state index >= 15 is 0 Å². The van der Waals surface area contributed by atoms with Crippen LogP contribution in [0.1, 0.15) is 43.1 Å². The fourth-order valence-corrected chi connectivity index (χ4v) is 1.60. The molecule has 0 unspecified atom stereocenters. The molecule has 0 aliphatic heterocycles. The van der Waals surface area contributed by atoms with E-state index in [1.807, 2.05) is 6.92 Å². The predicted octanol–water partition coefficient (Wildman–Crippen LogP) is 0.755. The topological polar surface area (TPSA) is 121 Å². The second-order valence-electron chi connectivity index (χ2n) is 4.12. The molecule has 0 bridgehead atoms. The van der Waals surface area contributed by atoms with Gasteiger partial charge < -0.3 is 16.2 Å². The third-order valence-electron chi connectivity index (χ3n) is 2.50. The summed E-state index contributed by atoms with van der Waals surface area (Å²) in [5.41, 5.74) is 5.63. The number of aromatic amines is 1. The maximum absolute atomic E-state index is 11.8. The van der Waals surface area contributed by atoms with Crippen LogP contribution in [0.5, 0.6) is 0 Å². The van der Waals surface area contributed by atoms with Gasteiger partial charge in [0.2, 0.25) is 0 Å². The third kappa shape index (κ3) is 4.44. The van der Waals surface area contributed by atoms with E-state index in [2.05, 4.69) is 15.5 Å². The maximum Gasteiger partial charge on any atom is 0.305 e. The highest BCUT2D eigenvalue weighted by atomic mass is 16.4. The number of nitrogens with two attached hydrogens (primary N) is 1. The van der Waals surface area contributed by atoms with Crippen LogP contribution in [-0.4, -0.2) is 33.2 Å². The Morgan fingerprint density at radius 3 is 2.83 bits per heavy atom. The monoisotopic (exact) mass is 254 g/mol. The number of carbonyl (C=O) groups excluding carboxylic acids is 1. The number of nitrogen functional groups attached to an aromatic ring is 1. The highest BCUT2D eigenvalue weighted by Crippen LogP contribution is 2.07. The molecule has 1 amide bonds. The van der Waals surface area contributed by atoms with E-state index < -0.39 is 5.97 Å². The largest absolute Gasteiger partial charge is 0.481 e. The molecule has 0 radical (unpaired) electrons. The number of aliphatic carboxylic acids is 1. The van der Waals surface area contributed by atoms with Gasteiger partial charge in [0, 0.05) is 12.1 Å². The Labute approximate surface area is 105 Å². The lowest BCUT2D eigenvalue weighted by Crippen LogP contribution is -2.36. The fourth-order valence-electron chi connectivity index (χ4n) is 1.60. The van der Waals surface area contributed by atoms with E-state index in [9.17, 15) is 9.59 Å². The number of nitrogens with one attached hydrogen (secondary N) is 2. The number of carboxylic acids is 1. The summed E-state index contributed by atoms with van der Waals surface area (Å²) in [4.78, 5) is 22.5. The number of rotatable bonds is 7. The number of unbranched alkanes of at least 4 members (excludes halogenated alkanes) is 1. The number of H-pyrrole nitrogens is 1. The molecule has 1 rings (SSSR count). The van der Waals surface area contributed by atoms with Crippen LogP contribution in [0.15, 0.2) is 6.07 Å². The van der Waals surface area contributed by atoms with Crippen LogP contribution in [0.2, 0.25) is 0 Å². The molecule has 100 valence electrons. The number of nitrogens with zero attached hydrogens (tertiary/aromatic N) is 1. The molecule has 1 aromatic rings. The number of amides is 1. The van der Waals surface area contributed by atoms with Crippen molar-refractivity contribution < 1.29 is 14.7 Å². The zero-order valence-corrected chi connectivity index (χ0v) is 10.3. The van der Waals surface area contributed by atoms with Gasteiger partial charge in [0.25, 0.3) is 5.91 Å². The summed E-state index contributed by atoms with van der Waals surface area (Å²) in [7, 11) is 0. The molecule has 0 saturated carbocycles. The Bertz CT molecular complexity index is 416. The van der Waals surface area contributed by atoms with E-state index in [0.29, 0.717) is 6.42 Å². The molecule has 1 aromatic heterocycles. The highest BCUT2D eigenvalue weighted by Gasteiger charge is 2.17. The van der Waals surface area contributed by atoms with Crippen molar-refractivity contribution >= 4 is 17.7 Å². The van der Waals surface area contributed by atoms with Gasteiger partial charge in [-0.2, -0.15) is 5.10 Å². The molecule has 0 aliphatic carbocycles. The number of carboxylic acid groups (broad SMARTS) is 1. The van der Waals surface area contributed by atoms with Gasteiger partial charge >= 0.3 is 5.97 Å². The van der Waals surface area contributed by atoms with Gasteiger partial charge in [0.05, 0.1) is 6.42 Å². The van der Waals surface area contributed by atoms with Crippen LogP contribution >= 0.6 is 0 Å². The van der Waals surface area contributed by atoms with Crippen LogP contribution in [-0.2, 0) is 4.79 Å². The second-order valence-corrected chi connectivity index (χ2v) is 4.12. The van der Waals surface area contributed by atoms with Gasteiger partial charge in [0.1, 0.15) is 11.5 Å². The van der Waals surface area contributed by atoms with Crippen LogP contribution in [0.3, 0.4) is 0 Å². The average molecular weight is 254 g/mol. The smallest absolute Gasteiger partial charge is 0.305 e. The van der Waals surface area contributed by atoms with Gasteiger partial charge in [-0.15, -0.1) is 0 Å². The molecule has 0 saturated heterocycles. The van der Waals surface area contributed by atoms with Gasteiger partial charge in [-0.05, 0) is 6.42 Å². The zero-order chi connectivity index (χ0) is 13.5. The van der Waals surface area contributed by atoms with Crippen LogP contribution < -0.4 is 11.1 Å². The van der Waals surface area contributed by atoms with Gasteiger partial charge in [0.15, 0.2) is 0 Å². The lowest BCUT2D eigenvalue weighted by Gasteiger charge is -2.15. The summed E-state index contributed by atoms with van der Waals surface area (Å²) in [6, 6.07) is 1.03. The molecular formula is C11H18N4O3. The Hall–Kier alpha value is -2.05. The van der Waals surface area contributed by atoms with Crippen LogP contribution in [0.25, 0.3) is 0 Å². The first-order chi connectivity index (χ1) is 8.52. The predicted molar refractivity (Wildman–Crippen MR) is 66.0 cm³/mol. The molecule has 5 N–H and O–H groups in total. The molecule has 7 heteroatoms. The van der Waals surface area contributed by atoms with E-state index in [-0.39, 0.29) is 29.9 Å². The van der Waals surface area contributed by atoms with Crippen molar-refractivity contribution in [3.05, 3.63) is 11.8 Å². The van der Waals surface area contributed by atoms with E-state index in [1.54, 1.807) is 0 Å². The number of hydrogen-bond acceptors (Lipinski definition) is 4. The highest BCUT2D eigenvalue weighted by molar-refractivity contribution is 5.93. The van der Waals surface area contributed by atoms with Crippen molar-refractivity contribution in [1.29, 1.82) is 0 Å². The molecule has 1 heterocycles. The summed E-state index contributed by atoms with van der Waals surface area (Å²) >= 11 is 0. The standard InChI is InChI=1S/C11H18N4O3/c1-2-3-4-7(5-10(16)17)13-11(18)8-6-9(12)15-14-8/h6-7H,2-5H2,1H3,(H,13,18)(H,16,17)(H3,12,14,15)/t7-/m0/s1. The second kappa shape index (κ2) is 6.63. The molecule has 1 atom stereocenters. The summed E-state index contributed by atoms with van der Waals surface area (Å²) in [6.07, 6.45) is 2.36. The molecule has 0 fully saturated rings.